The average Bonchev–Trinajstić information content (AvgIpc) is 2.33. The molecule has 1 aromatic carbocycles. The summed E-state index contributed by atoms with van der Waals surface area (Å²) >= 11 is 6.20. The van der Waals surface area contributed by atoms with Crippen LogP contribution < -0.4 is 0 Å². The first-order valence-electron chi connectivity index (χ1n) is 2.85. The van der Waals surface area contributed by atoms with Crippen molar-refractivity contribution in [1.82, 2.24) is 4.98 Å². The molecule has 0 atom stereocenters. The van der Waals surface area contributed by atoms with E-state index in [9.17, 15) is 0 Å². The van der Waals surface area contributed by atoms with Crippen LogP contribution in [-0.4, -0.2) is 19.5 Å². The second-order valence-corrected chi connectivity index (χ2v) is 4.26. The summed E-state index contributed by atoms with van der Waals surface area (Å²) in [5.74, 6) is 0. The van der Waals surface area contributed by atoms with Crippen LogP contribution in [0.4, 0.5) is 0 Å². The zero-order valence-electron chi connectivity index (χ0n) is 5.04. The summed E-state index contributed by atoms with van der Waals surface area (Å²) in [5.41, 5.74) is 1.05. The average molecular weight is 217 g/mol. The van der Waals surface area contributed by atoms with Crippen LogP contribution in [0.1, 0.15) is 0 Å². The van der Waals surface area contributed by atoms with Gasteiger partial charge in [-0.05, 0) is 0 Å². The molecule has 3 heteroatoms. The molecule has 0 saturated heterocycles. The molecule has 0 amide bonds. The molecular formula is C7H4ClNSe. The molecule has 1 heterocycles. The van der Waals surface area contributed by atoms with Crippen molar-refractivity contribution >= 4 is 35.9 Å². The van der Waals surface area contributed by atoms with Gasteiger partial charge in [-0.15, -0.1) is 0 Å². The quantitative estimate of drug-likeness (QED) is 0.614. The molecule has 2 aromatic rings. The van der Waals surface area contributed by atoms with E-state index in [2.05, 4.69) is 4.98 Å². The van der Waals surface area contributed by atoms with Gasteiger partial charge >= 0.3 is 69.2 Å². The van der Waals surface area contributed by atoms with Crippen LogP contribution in [0.2, 0.25) is 5.02 Å². The van der Waals surface area contributed by atoms with Crippen LogP contribution >= 0.6 is 11.6 Å². The van der Waals surface area contributed by atoms with Gasteiger partial charge in [0.25, 0.3) is 0 Å². The normalized spacial score (nSPS) is 10.5. The minimum absolute atomic E-state index is 0.444. The van der Waals surface area contributed by atoms with Crippen LogP contribution in [0.25, 0.3) is 9.78 Å². The van der Waals surface area contributed by atoms with E-state index in [0.29, 0.717) is 14.5 Å². The van der Waals surface area contributed by atoms with E-state index in [4.69, 9.17) is 11.6 Å². The minimum atomic E-state index is 0.444. The molecule has 0 unspecified atom stereocenters. The SMILES string of the molecule is Clc1ccc2[se]cnc2c1. The zero-order chi connectivity index (χ0) is 6.97. The first-order valence-corrected chi connectivity index (χ1v) is 5.07. The number of rotatable bonds is 0. The summed E-state index contributed by atoms with van der Waals surface area (Å²) in [6, 6.07) is 5.86. The standard InChI is InChI=1S/C7H4ClNSe/c8-5-1-2-7-6(3-5)9-4-10-7/h1-4H. The molecule has 10 heavy (non-hydrogen) atoms. The predicted octanol–water partition coefficient (Wildman–Crippen LogP) is 1.95. The maximum atomic E-state index is 5.76. The number of fused-ring (bicyclic) bond motifs is 1. The topological polar surface area (TPSA) is 12.9 Å². The Morgan fingerprint density at radius 2 is 2.30 bits per heavy atom. The summed E-state index contributed by atoms with van der Waals surface area (Å²) < 4.78 is 1.33. The van der Waals surface area contributed by atoms with Crippen LogP contribution in [0.3, 0.4) is 0 Å². The summed E-state index contributed by atoms with van der Waals surface area (Å²) in [6.45, 7) is 0. The molecule has 0 aliphatic rings. The first-order chi connectivity index (χ1) is 4.86. The third-order valence-electron chi connectivity index (χ3n) is 1.29. The Bertz CT molecular complexity index is 355. The molecule has 1 aromatic heterocycles. The second-order valence-electron chi connectivity index (χ2n) is 1.96. The Morgan fingerprint density at radius 1 is 1.40 bits per heavy atom. The van der Waals surface area contributed by atoms with Crippen LogP contribution in [0.5, 0.6) is 0 Å². The van der Waals surface area contributed by atoms with E-state index in [0.717, 1.165) is 10.5 Å². The van der Waals surface area contributed by atoms with E-state index < -0.39 is 0 Å². The van der Waals surface area contributed by atoms with Gasteiger partial charge in [-0.2, -0.15) is 0 Å². The summed E-state index contributed by atoms with van der Waals surface area (Å²) in [4.78, 5) is 4.18. The van der Waals surface area contributed by atoms with E-state index in [1.165, 1.54) is 4.26 Å². The fraction of sp³-hybridized carbons (Fsp3) is 0. The van der Waals surface area contributed by atoms with Crippen molar-refractivity contribution in [3.8, 4) is 0 Å². The van der Waals surface area contributed by atoms with E-state index in [1.807, 2.05) is 23.3 Å². The molecule has 2 rings (SSSR count). The third-order valence-corrected chi connectivity index (χ3v) is 3.23. The van der Waals surface area contributed by atoms with Gasteiger partial charge in [0.2, 0.25) is 0 Å². The van der Waals surface area contributed by atoms with Crippen LogP contribution in [-0.2, 0) is 0 Å². The Balaban J connectivity index is 2.86. The van der Waals surface area contributed by atoms with Crippen molar-refractivity contribution in [3.63, 3.8) is 0 Å². The van der Waals surface area contributed by atoms with Gasteiger partial charge in [0, 0.05) is 0 Å². The summed E-state index contributed by atoms with van der Waals surface area (Å²) in [5, 5.41) is 2.74. The molecule has 0 fully saturated rings. The van der Waals surface area contributed by atoms with E-state index >= 15 is 0 Å². The Morgan fingerprint density at radius 3 is 3.20 bits per heavy atom. The van der Waals surface area contributed by atoms with E-state index in [1.54, 1.807) is 0 Å². The van der Waals surface area contributed by atoms with Crippen molar-refractivity contribution in [2.75, 3.05) is 0 Å². The first kappa shape index (κ1) is 6.41. The summed E-state index contributed by atoms with van der Waals surface area (Å²) in [6.07, 6.45) is 0. The number of hydrogen-bond donors (Lipinski definition) is 0. The Kier molecular flexibility index (Phi) is 1.53. The molecule has 0 saturated carbocycles. The summed E-state index contributed by atoms with van der Waals surface area (Å²) in [7, 11) is 0. The van der Waals surface area contributed by atoms with Crippen molar-refractivity contribution < 1.29 is 0 Å². The van der Waals surface area contributed by atoms with Gasteiger partial charge < -0.3 is 0 Å². The van der Waals surface area contributed by atoms with Gasteiger partial charge in [-0.25, -0.2) is 0 Å². The number of halogens is 1. The van der Waals surface area contributed by atoms with Crippen molar-refractivity contribution in [2.24, 2.45) is 0 Å². The number of benzene rings is 1. The van der Waals surface area contributed by atoms with Gasteiger partial charge in [0.05, 0.1) is 0 Å². The molecule has 0 spiro atoms. The Hall–Kier alpha value is -0.301. The second kappa shape index (κ2) is 2.39. The predicted molar refractivity (Wildman–Crippen MR) is 43.7 cm³/mol. The van der Waals surface area contributed by atoms with Gasteiger partial charge in [-0.3, -0.25) is 0 Å². The molecule has 0 bridgehead atoms. The molecule has 0 radical (unpaired) electrons. The van der Waals surface area contributed by atoms with Crippen molar-refractivity contribution in [1.29, 1.82) is 0 Å². The molecule has 0 N–H and O–H groups in total. The van der Waals surface area contributed by atoms with Gasteiger partial charge in [0.15, 0.2) is 0 Å². The maximum absolute atomic E-state index is 5.76. The molecular weight excluding hydrogens is 212 g/mol. The number of nitrogens with zero attached hydrogens (tertiary/aromatic N) is 1. The molecule has 50 valence electrons. The molecule has 0 aliphatic heterocycles. The number of hydrogen-bond acceptors (Lipinski definition) is 1. The van der Waals surface area contributed by atoms with Crippen molar-refractivity contribution in [3.05, 3.63) is 28.3 Å². The molecule has 0 aliphatic carbocycles. The third kappa shape index (κ3) is 0.988. The monoisotopic (exact) mass is 217 g/mol. The van der Waals surface area contributed by atoms with Gasteiger partial charge in [-0.1, -0.05) is 0 Å². The van der Waals surface area contributed by atoms with E-state index in [-0.39, 0.29) is 0 Å². The van der Waals surface area contributed by atoms with Crippen LogP contribution in [0, 0.1) is 0 Å². The van der Waals surface area contributed by atoms with Crippen LogP contribution in [0.15, 0.2) is 23.3 Å². The Labute approximate surface area is 69.4 Å². The van der Waals surface area contributed by atoms with Gasteiger partial charge in [0.1, 0.15) is 0 Å². The fourth-order valence-electron chi connectivity index (χ4n) is 0.831. The van der Waals surface area contributed by atoms with Crippen molar-refractivity contribution in [2.45, 2.75) is 0 Å². The zero-order valence-corrected chi connectivity index (χ0v) is 7.51. The number of aromatic nitrogens is 1. The molecule has 1 nitrogen and oxygen atoms in total. The fourth-order valence-corrected chi connectivity index (χ4v) is 2.38.